The second-order valence-electron chi connectivity index (χ2n) is 9.77. The number of benzene rings is 3. The first-order chi connectivity index (χ1) is 19.4. The first-order valence-corrected chi connectivity index (χ1v) is 15.8. The van der Waals surface area contributed by atoms with Gasteiger partial charge in [-0.3, -0.25) is 13.9 Å². The van der Waals surface area contributed by atoms with E-state index in [1.54, 1.807) is 62.4 Å². The SMILES string of the molecule is CC[C@H](C)NC(=O)[C@H](CC)N(Cc1ccc(Cl)c(Cl)c1)C(=O)CN(c1ccc(C)c(Cl)c1)S(=O)(=O)c1ccccc1. The summed E-state index contributed by atoms with van der Waals surface area (Å²) in [7, 11) is -4.19. The molecule has 220 valence electrons. The molecule has 0 saturated carbocycles. The van der Waals surface area contributed by atoms with Gasteiger partial charge in [0.25, 0.3) is 10.0 Å². The van der Waals surface area contributed by atoms with Crippen molar-refractivity contribution in [3.63, 3.8) is 0 Å². The van der Waals surface area contributed by atoms with Gasteiger partial charge in [0.05, 0.1) is 20.6 Å². The fourth-order valence-electron chi connectivity index (χ4n) is 4.18. The Morgan fingerprint density at radius 2 is 1.56 bits per heavy atom. The van der Waals surface area contributed by atoms with Crippen molar-refractivity contribution in [1.82, 2.24) is 10.2 Å². The molecular weight excluding hydrogens is 605 g/mol. The molecule has 0 bridgehead atoms. The number of aryl methyl sites for hydroxylation is 1. The maximum Gasteiger partial charge on any atom is 0.264 e. The molecule has 0 aliphatic rings. The van der Waals surface area contributed by atoms with E-state index in [-0.39, 0.29) is 29.1 Å². The Hall–Kier alpha value is -2.78. The molecule has 0 heterocycles. The molecule has 41 heavy (non-hydrogen) atoms. The Kier molecular flexibility index (Phi) is 11.5. The largest absolute Gasteiger partial charge is 0.352 e. The minimum atomic E-state index is -4.19. The number of nitrogens with zero attached hydrogens (tertiary/aromatic N) is 2. The van der Waals surface area contributed by atoms with Gasteiger partial charge in [0, 0.05) is 17.6 Å². The van der Waals surface area contributed by atoms with Gasteiger partial charge in [0.1, 0.15) is 12.6 Å². The number of hydrogen-bond acceptors (Lipinski definition) is 4. The Bertz CT molecular complexity index is 1490. The lowest BCUT2D eigenvalue weighted by Gasteiger charge is -2.34. The van der Waals surface area contributed by atoms with Crippen molar-refractivity contribution in [2.75, 3.05) is 10.8 Å². The molecule has 2 amide bonds. The molecule has 0 aliphatic heterocycles. The summed E-state index contributed by atoms with van der Waals surface area (Å²) in [5, 5.41) is 3.96. The summed E-state index contributed by atoms with van der Waals surface area (Å²) >= 11 is 18.7. The summed E-state index contributed by atoms with van der Waals surface area (Å²) < 4.78 is 28.8. The molecule has 7 nitrogen and oxygen atoms in total. The summed E-state index contributed by atoms with van der Waals surface area (Å²) in [5.74, 6) is -0.899. The summed E-state index contributed by atoms with van der Waals surface area (Å²) in [4.78, 5) is 28.9. The molecule has 0 aliphatic carbocycles. The number of anilines is 1. The highest BCUT2D eigenvalue weighted by Crippen LogP contribution is 2.29. The molecule has 11 heteroatoms. The second kappa shape index (κ2) is 14.4. The van der Waals surface area contributed by atoms with E-state index in [4.69, 9.17) is 34.8 Å². The number of sulfonamides is 1. The number of carbonyl (C=O) groups is 2. The van der Waals surface area contributed by atoms with Crippen molar-refractivity contribution in [3.8, 4) is 0 Å². The molecule has 0 saturated heterocycles. The Morgan fingerprint density at radius 3 is 2.15 bits per heavy atom. The minimum Gasteiger partial charge on any atom is -0.352 e. The van der Waals surface area contributed by atoms with E-state index in [0.29, 0.717) is 33.5 Å². The van der Waals surface area contributed by atoms with Gasteiger partial charge in [0.15, 0.2) is 0 Å². The molecule has 0 spiro atoms. The molecular formula is C30H34Cl3N3O4S. The standard InChI is InChI=1S/C30H34Cl3N3O4S/c1-5-21(4)34-30(38)28(6-2)35(18-22-13-15-25(31)27(33)16-22)29(37)19-36(23-14-12-20(3)26(32)17-23)41(39,40)24-10-8-7-9-11-24/h7-17,21,28H,5-6,18-19H2,1-4H3,(H,34,38)/t21-,28-/m0/s1. The Morgan fingerprint density at radius 1 is 0.878 bits per heavy atom. The lowest BCUT2D eigenvalue weighted by atomic mass is 10.1. The molecule has 0 aromatic heterocycles. The zero-order valence-electron chi connectivity index (χ0n) is 23.4. The van der Waals surface area contributed by atoms with E-state index < -0.39 is 28.5 Å². The van der Waals surface area contributed by atoms with E-state index in [9.17, 15) is 18.0 Å². The van der Waals surface area contributed by atoms with Crippen LogP contribution in [0.5, 0.6) is 0 Å². The molecule has 3 rings (SSSR count). The van der Waals surface area contributed by atoms with Crippen molar-refractivity contribution < 1.29 is 18.0 Å². The quantitative estimate of drug-likeness (QED) is 0.235. The van der Waals surface area contributed by atoms with Gasteiger partial charge in [-0.15, -0.1) is 0 Å². The second-order valence-corrected chi connectivity index (χ2v) is 12.9. The normalized spacial score (nSPS) is 12.9. The number of rotatable bonds is 12. The van der Waals surface area contributed by atoms with Crippen LogP contribution in [-0.4, -0.2) is 43.8 Å². The van der Waals surface area contributed by atoms with Crippen molar-refractivity contribution in [1.29, 1.82) is 0 Å². The van der Waals surface area contributed by atoms with Gasteiger partial charge in [-0.2, -0.15) is 0 Å². The van der Waals surface area contributed by atoms with Gasteiger partial charge >= 0.3 is 0 Å². The van der Waals surface area contributed by atoms with Crippen LogP contribution in [0, 0.1) is 6.92 Å². The van der Waals surface area contributed by atoms with Gasteiger partial charge in [-0.25, -0.2) is 8.42 Å². The van der Waals surface area contributed by atoms with Gasteiger partial charge in [0.2, 0.25) is 11.8 Å². The first-order valence-electron chi connectivity index (χ1n) is 13.3. The molecule has 3 aromatic carbocycles. The first kappa shape index (κ1) is 32.7. The van der Waals surface area contributed by atoms with Gasteiger partial charge in [-0.05, 0) is 74.2 Å². The van der Waals surface area contributed by atoms with E-state index in [1.165, 1.54) is 23.1 Å². The summed E-state index contributed by atoms with van der Waals surface area (Å²) in [6.45, 7) is 6.87. The summed E-state index contributed by atoms with van der Waals surface area (Å²) in [6, 6.07) is 16.6. The van der Waals surface area contributed by atoms with Crippen molar-refractivity contribution >= 4 is 62.3 Å². The Labute approximate surface area is 257 Å². The number of amides is 2. The van der Waals surface area contributed by atoms with Crippen LogP contribution >= 0.6 is 34.8 Å². The maximum absolute atomic E-state index is 14.1. The van der Waals surface area contributed by atoms with Crippen molar-refractivity contribution in [2.45, 2.75) is 64.1 Å². The lowest BCUT2D eigenvalue weighted by molar-refractivity contribution is -0.140. The average Bonchev–Trinajstić information content (AvgIpc) is 2.95. The fraction of sp³-hybridized carbons (Fsp3) is 0.333. The van der Waals surface area contributed by atoms with Gasteiger partial charge < -0.3 is 10.2 Å². The third-order valence-electron chi connectivity index (χ3n) is 6.78. The third-order valence-corrected chi connectivity index (χ3v) is 9.71. The zero-order chi connectivity index (χ0) is 30.3. The molecule has 0 fully saturated rings. The van der Waals surface area contributed by atoms with E-state index in [0.717, 1.165) is 9.87 Å². The maximum atomic E-state index is 14.1. The highest BCUT2D eigenvalue weighted by Gasteiger charge is 2.34. The van der Waals surface area contributed by atoms with E-state index in [2.05, 4.69) is 5.32 Å². The van der Waals surface area contributed by atoms with Crippen LogP contribution in [0.4, 0.5) is 5.69 Å². The average molecular weight is 639 g/mol. The predicted octanol–water partition coefficient (Wildman–Crippen LogP) is 6.87. The molecule has 0 radical (unpaired) electrons. The van der Waals surface area contributed by atoms with Crippen LogP contribution in [0.1, 0.15) is 44.7 Å². The lowest BCUT2D eigenvalue weighted by Crippen LogP contribution is -2.53. The van der Waals surface area contributed by atoms with Crippen molar-refractivity contribution in [2.24, 2.45) is 0 Å². The Balaban J connectivity index is 2.09. The minimum absolute atomic E-state index is 0.00995. The predicted molar refractivity (Wildman–Crippen MR) is 166 cm³/mol. The van der Waals surface area contributed by atoms with Crippen LogP contribution in [0.15, 0.2) is 71.6 Å². The van der Waals surface area contributed by atoms with Crippen LogP contribution in [0.25, 0.3) is 0 Å². The topological polar surface area (TPSA) is 86.8 Å². The third kappa shape index (κ3) is 8.16. The molecule has 1 N–H and O–H groups in total. The van der Waals surface area contributed by atoms with Gasteiger partial charge in [-0.1, -0.05) is 79.0 Å². The monoisotopic (exact) mass is 637 g/mol. The van der Waals surface area contributed by atoms with Crippen LogP contribution in [-0.2, 0) is 26.2 Å². The highest BCUT2D eigenvalue weighted by atomic mass is 35.5. The highest BCUT2D eigenvalue weighted by molar-refractivity contribution is 7.92. The van der Waals surface area contributed by atoms with Crippen LogP contribution in [0.3, 0.4) is 0 Å². The number of carbonyl (C=O) groups excluding carboxylic acids is 2. The molecule has 3 aromatic rings. The van der Waals surface area contributed by atoms with Crippen LogP contribution in [0.2, 0.25) is 15.1 Å². The zero-order valence-corrected chi connectivity index (χ0v) is 26.5. The molecule has 2 atom stereocenters. The number of halogens is 3. The smallest absolute Gasteiger partial charge is 0.264 e. The van der Waals surface area contributed by atoms with E-state index >= 15 is 0 Å². The number of hydrogen-bond donors (Lipinski definition) is 1. The summed E-state index contributed by atoms with van der Waals surface area (Å²) in [5.41, 5.74) is 1.62. The summed E-state index contributed by atoms with van der Waals surface area (Å²) in [6.07, 6.45) is 1.01. The van der Waals surface area contributed by atoms with Crippen LogP contribution < -0.4 is 9.62 Å². The van der Waals surface area contributed by atoms with Crippen molar-refractivity contribution in [3.05, 3.63) is 92.9 Å². The van der Waals surface area contributed by atoms with E-state index in [1.807, 2.05) is 13.8 Å². The molecule has 0 unspecified atom stereocenters. The fourth-order valence-corrected chi connectivity index (χ4v) is 6.10. The number of nitrogens with one attached hydrogen (secondary N) is 1.